The van der Waals surface area contributed by atoms with E-state index < -0.39 is 135 Å². The lowest BCUT2D eigenvalue weighted by molar-refractivity contribution is -0.157. The second-order valence-electron chi connectivity index (χ2n) is 17.4. The predicted octanol–water partition coefficient (Wildman–Crippen LogP) is 3.90. The maximum atomic E-state index is 12.4. The summed E-state index contributed by atoms with van der Waals surface area (Å²) in [5, 5.41) is 25.3. The molecule has 0 saturated carbocycles. The molecule has 0 aliphatic heterocycles. The van der Waals surface area contributed by atoms with Crippen LogP contribution >= 0.6 is 0 Å². The van der Waals surface area contributed by atoms with Crippen LogP contribution < -0.4 is 0 Å². The number of carboxylic acids is 2. The van der Waals surface area contributed by atoms with Gasteiger partial charge in [0, 0.05) is 6.61 Å². The molecule has 21 nitrogen and oxygen atoms in total. The molecule has 0 bridgehead atoms. The van der Waals surface area contributed by atoms with E-state index in [1.807, 2.05) is 12.1 Å². The van der Waals surface area contributed by atoms with E-state index in [9.17, 15) is 52.8 Å². The van der Waals surface area contributed by atoms with Crippen molar-refractivity contribution < 1.29 is 94.4 Å². The number of ether oxygens (including phenoxy) is 2. The van der Waals surface area contributed by atoms with E-state index in [0.29, 0.717) is 0 Å². The highest BCUT2D eigenvalue weighted by molar-refractivity contribution is 7.88. The Morgan fingerprint density at radius 2 is 0.672 bits per heavy atom. The molecule has 67 heavy (non-hydrogen) atoms. The highest BCUT2D eigenvalue weighted by Crippen LogP contribution is 2.23. The molecule has 0 atom stereocenters. The van der Waals surface area contributed by atoms with E-state index in [1.165, 1.54) is 55.4 Å². The molecule has 0 aliphatic rings. The van der Waals surface area contributed by atoms with Gasteiger partial charge in [-0.25, -0.2) is 0 Å². The molecule has 0 radical (unpaired) electrons. The number of rotatable bonds is 28. The normalized spacial score (nSPS) is 12.7. The topological polar surface area (TPSA) is 321 Å². The van der Waals surface area contributed by atoms with Crippen LogP contribution in [0.25, 0.3) is 0 Å². The lowest BCUT2D eigenvalue weighted by Crippen LogP contribution is -2.33. The Bertz CT molecular complexity index is 2150. The van der Waals surface area contributed by atoms with Gasteiger partial charge in [-0.05, 0) is 86.3 Å². The maximum absolute atomic E-state index is 12.4. The molecular formula is C42H66O21S4. The number of carboxylic acid groups (broad SMARTS) is 2. The highest BCUT2D eigenvalue weighted by Gasteiger charge is 2.35. The number of carbonyl (C=O) groups is 4. The van der Waals surface area contributed by atoms with Crippen LogP contribution in [0.5, 0.6) is 0 Å². The van der Waals surface area contributed by atoms with Gasteiger partial charge in [-0.1, -0.05) is 60.7 Å². The molecule has 0 saturated heterocycles. The van der Waals surface area contributed by atoms with Gasteiger partial charge in [0.2, 0.25) is 0 Å². The molecule has 0 amide bonds. The third kappa shape index (κ3) is 27.5. The van der Waals surface area contributed by atoms with Crippen molar-refractivity contribution in [2.75, 3.05) is 56.0 Å². The first kappa shape index (κ1) is 62.9. The van der Waals surface area contributed by atoms with Crippen molar-refractivity contribution in [3.63, 3.8) is 0 Å². The number of hydrogen-bond donors (Lipinski definition) is 3. The Labute approximate surface area is 394 Å². The largest absolute Gasteiger partial charge is 0.481 e. The minimum atomic E-state index is -4.13. The SMILES string of the molecule is CC(C)(COS(=O)(=O)CCCS(=O)(=O)OCC(C)(C)C(=O)O)C(=O)O.CC(C)(COS(=O)(=O)CCCS(=O)(=O)OCC(C)(C)C(=O)OCc1ccccc1)C(=O)OCc1ccccc1.CCO. The minimum Gasteiger partial charge on any atom is -0.481 e. The van der Waals surface area contributed by atoms with Crippen molar-refractivity contribution in [3.8, 4) is 0 Å². The van der Waals surface area contributed by atoms with Crippen LogP contribution in [0.3, 0.4) is 0 Å². The van der Waals surface area contributed by atoms with Gasteiger partial charge >= 0.3 is 23.9 Å². The summed E-state index contributed by atoms with van der Waals surface area (Å²) in [5.74, 6) is -6.24. The predicted molar refractivity (Wildman–Crippen MR) is 244 cm³/mol. The molecule has 384 valence electrons. The fraction of sp³-hybridized carbons (Fsp3) is 0.619. The van der Waals surface area contributed by atoms with E-state index in [2.05, 4.69) is 8.37 Å². The smallest absolute Gasteiger partial charge is 0.314 e. The van der Waals surface area contributed by atoms with E-state index >= 15 is 0 Å². The fourth-order valence-corrected chi connectivity index (χ4v) is 8.81. The standard InChI is InChI=1S/C27H36O10S2.C13H24O10S2.C2H6O/c1-26(2,24(28)34-18-22-12-7-5-8-13-22)20-36-38(30,31)16-11-17-39(32,33)37-21-27(3,4)25(29)35-19-23-14-9-6-10-15-23;1-12(2,10(14)15)8-22-24(18,19)6-5-7-25(20,21)23-9-13(3,4)11(16)17;1-2-3/h5-10,12-15H,11,16-21H2,1-4H3;5-9H2,1-4H3,(H,14,15)(H,16,17);3H,2H2,1H3. The molecule has 0 fully saturated rings. The number of aliphatic hydroxyl groups is 1. The summed E-state index contributed by atoms with van der Waals surface area (Å²) in [6.45, 7) is 11.0. The van der Waals surface area contributed by atoms with Crippen LogP contribution in [0.1, 0.15) is 86.3 Å². The van der Waals surface area contributed by atoms with Crippen LogP contribution in [0.15, 0.2) is 60.7 Å². The Morgan fingerprint density at radius 1 is 0.448 bits per heavy atom. The molecule has 0 aromatic heterocycles. The zero-order chi connectivity index (χ0) is 52.0. The maximum Gasteiger partial charge on any atom is 0.314 e. The van der Waals surface area contributed by atoms with E-state index in [1.54, 1.807) is 55.5 Å². The first-order chi connectivity index (χ1) is 30.5. The summed E-state index contributed by atoms with van der Waals surface area (Å²) in [5.41, 5.74) is -3.76. The number of esters is 2. The lowest BCUT2D eigenvalue weighted by Gasteiger charge is -2.22. The molecular weight excluding hydrogens is 969 g/mol. The third-order valence-corrected chi connectivity index (χ3v) is 13.7. The molecule has 0 unspecified atom stereocenters. The first-order valence-corrected chi connectivity index (χ1v) is 26.8. The van der Waals surface area contributed by atoms with Crippen molar-refractivity contribution >= 4 is 64.3 Å². The fourth-order valence-electron chi connectivity index (χ4n) is 4.09. The van der Waals surface area contributed by atoms with Crippen molar-refractivity contribution in [2.45, 2.75) is 88.4 Å². The van der Waals surface area contributed by atoms with Gasteiger partial charge in [0.1, 0.15) is 13.2 Å². The first-order valence-electron chi connectivity index (χ1n) is 20.5. The average molecular weight is 1040 g/mol. The van der Waals surface area contributed by atoms with Gasteiger partial charge < -0.3 is 24.8 Å². The van der Waals surface area contributed by atoms with Gasteiger partial charge in [0.15, 0.2) is 0 Å². The monoisotopic (exact) mass is 1030 g/mol. The van der Waals surface area contributed by atoms with Crippen LogP contribution in [0, 0.1) is 21.7 Å². The number of benzene rings is 2. The van der Waals surface area contributed by atoms with Crippen molar-refractivity contribution in [3.05, 3.63) is 71.8 Å². The van der Waals surface area contributed by atoms with E-state index in [-0.39, 0.29) is 32.7 Å². The molecule has 2 aromatic carbocycles. The number of hydrogen-bond acceptors (Lipinski definition) is 19. The Hall–Kier alpha value is -4.08. The highest BCUT2D eigenvalue weighted by atomic mass is 32.2. The molecule has 2 rings (SSSR count). The van der Waals surface area contributed by atoms with Crippen molar-refractivity contribution in [1.82, 2.24) is 0 Å². The van der Waals surface area contributed by atoms with Crippen LogP contribution in [0.2, 0.25) is 0 Å². The summed E-state index contributed by atoms with van der Waals surface area (Å²) in [6.07, 6.45) is -0.645. The third-order valence-electron chi connectivity index (χ3n) is 8.66. The molecule has 0 aliphatic carbocycles. The average Bonchev–Trinajstić information content (AvgIpc) is 3.23. The minimum absolute atomic E-state index is 0.0370. The van der Waals surface area contributed by atoms with E-state index in [4.69, 9.17) is 33.2 Å². The molecule has 2 aromatic rings. The Morgan fingerprint density at radius 3 is 0.896 bits per heavy atom. The van der Waals surface area contributed by atoms with Gasteiger partial charge in [0.05, 0.1) is 71.1 Å². The van der Waals surface area contributed by atoms with Crippen LogP contribution in [-0.4, -0.2) is 129 Å². The number of carbonyl (C=O) groups excluding carboxylic acids is 2. The van der Waals surface area contributed by atoms with Crippen LogP contribution in [0.4, 0.5) is 0 Å². The van der Waals surface area contributed by atoms with Crippen molar-refractivity contribution in [2.24, 2.45) is 21.7 Å². The van der Waals surface area contributed by atoms with Crippen molar-refractivity contribution in [1.29, 1.82) is 0 Å². The number of aliphatic carboxylic acids is 2. The summed E-state index contributed by atoms with van der Waals surface area (Å²) in [4.78, 5) is 46.5. The molecule has 0 heterocycles. The Balaban J connectivity index is 0.00000134. The van der Waals surface area contributed by atoms with E-state index in [0.717, 1.165) is 11.1 Å². The Kier molecular flexibility index (Phi) is 26.1. The zero-order valence-corrected chi connectivity index (χ0v) is 42.6. The lowest BCUT2D eigenvalue weighted by atomic mass is 9.95. The van der Waals surface area contributed by atoms with Crippen LogP contribution in [-0.2, 0) is 99.1 Å². The molecule has 25 heteroatoms. The molecule has 0 spiro atoms. The van der Waals surface area contributed by atoms with Gasteiger partial charge in [-0.3, -0.25) is 35.9 Å². The summed E-state index contributed by atoms with van der Waals surface area (Å²) >= 11 is 0. The quantitative estimate of drug-likeness (QED) is 0.0804. The number of aliphatic hydroxyl groups excluding tert-OH is 1. The summed E-state index contributed by atoms with van der Waals surface area (Å²) in [7, 11) is -16.5. The second kappa shape index (κ2) is 27.8. The molecule has 3 N–H and O–H groups in total. The van der Waals surface area contributed by atoms with Gasteiger partial charge in [0.25, 0.3) is 40.5 Å². The van der Waals surface area contributed by atoms with Gasteiger partial charge in [-0.2, -0.15) is 33.7 Å². The second-order valence-corrected chi connectivity index (χ2v) is 24.4. The van der Waals surface area contributed by atoms with Gasteiger partial charge in [-0.15, -0.1) is 0 Å². The zero-order valence-electron chi connectivity index (χ0n) is 39.3. The summed E-state index contributed by atoms with van der Waals surface area (Å²) in [6, 6.07) is 18.0. The summed E-state index contributed by atoms with van der Waals surface area (Å²) < 4.78 is 125.